The summed E-state index contributed by atoms with van der Waals surface area (Å²) in [6, 6.07) is 71.0. The number of nitrogens with one attached hydrogen (secondary N) is 3. The standard InChI is InChI=1S/C70H65N3O8S/c1-46-24-28-48(29-25-46)66(49-30-26-47(2)27-31-49)72-65(74)44-80-55-36-32-50(33-37-55)67(61-41-40-56(78-4)42-64(61)79-5)73-68(75)63(71-69(76)81-43-62-59-22-14-12-20-57(59)58-21-13-15-23-60(58)62)45-82-70(51-16-8-6-9-17-51,52-18-10-7-11-19-52)53-34-38-54(77-3)39-35-53/h6-42,62-63,66-67H,43-45H2,1-5H3,(H,71,76)(H,72,74)(H,73,75)/t63-,67?/m1/s1. The van der Waals surface area contributed by atoms with Crippen LogP contribution >= 0.6 is 11.8 Å². The molecule has 3 amide bonds. The normalized spacial score (nSPS) is 12.5. The summed E-state index contributed by atoms with van der Waals surface area (Å²) in [5.74, 6) is 1.25. The molecule has 0 aromatic heterocycles. The van der Waals surface area contributed by atoms with Crippen LogP contribution in [-0.2, 0) is 19.1 Å². The van der Waals surface area contributed by atoms with Crippen LogP contribution in [0.15, 0.2) is 224 Å². The molecule has 3 N–H and O–H groups in total. The molecule has 414 valence electrons. The first kappa shape index (κ1) is 56.0. The Balaban J connectivity index is 0.960. The third-order valence-corrected chi connectivity index (χ3v) is 16.7. The molecule has 1 aliphatic rings. The van der Waals surface area contributed by atoms with Gasteiger partial charge in [-0.1, -0.05) is 193 Å². The number of benzene rings is 9. The molecule has 12 heteroatoms. The Morgan fingerprint density at radius 3 is 1.54 bits per heavy atom. The predicted octanol–water partition coefficient (Wildman–Crippen LogP) is 13.5. The summed E-state index contributed by atoms with van der Waals surface area (Å²) in [7, 11) is 4.77. The molecule has 0 saturated heterocycles. The molecule has 0 aliphatic heterocycles. The highest BCUT2D eigenvalue weighted by Gasteiger charge is 2.40. The van der Waals surface area contributed by atoms with Crippen LogP contribution in [0.4, 0.5) is 4.79 Å². The summed E-state index contributed by atoms with van der Waals surface area (Å²) in [4.78, 5) is 43.8. The van der Waals surface area contributed by atoms with Crippen LogP contribution in [0.2, 0.25) is 0 Å². The molecule has 0 bridgehead atoms. The highest BCUT2D eigenvalue weighted by atomic mass is 32.2. The molecule has 11 nitrogen and oxygen atoms in total. The number of aryl methyl sites for hydroxylation is 2. The van der Waals surface area contributed by atoms with Gasteiger partial charge in [0.05, 0.1) is 38.2 Å². The maximum Gasteiger partial charge on any atom is 0.407 e. The topological polar surface area (TPSA) is 133 Å². The lowest BCUT2D eigenvalue weighted by atomic mass is 9.84. The fourth-order valence-corrected chi connectivity index (χ4v) is 12.3. The van der Waals surface area contributed by atoms with Crippen molar-refractivity contribution in [3.63, 3.8) is 0 Å². The Kier molecular flexibility index (Phi) is 17.7. The number of amides is 3. The summed E-state index contributed by atoms with van der Waals surface area (Å²) in [6.45, 7) is 3.87. The maximum atomic E-state index is 15.6. The van der Waals surface area contributed by atoms with E-state index in [1.807, 2.05) is 166 Å². The van der Waals surface area contributed by atoms with Gasteiger partial charge in [0.15, 0.2) is 6.61 Å². The van der Waals surface area contributed by atoms with E-state index >= 15 is 4.79 Å². The van der Waals surface area contributed by atoms with Crippen LogP contribution in [0.25, 0.3) is 11.1 Å². The van der Waals surface area contributed by atoms with E-state index < -0.39 is 28.8 Å². The number of hydrogen-bond acceptors (Lipinski definition) is 9. The Morgan fingerprint density at radius 1 is 0.500 bits per heavy atom. The summed E-state index contributed by atoms with van der Waals surface area (Å²) in [5.41, 5.74) is 12.6. The maximum absolute atomic E-state index is 15.6. The largest absolute Gasteiger partial charge is 0.497 e. The van der Waals surface area contributed by atoms with Crippen molar-refractivity contribution in [3.8, 4) is 34.1 Å². The number of ether oxygens (including phenoxy) is 5. The SMILES string of the molecule is COc1ccc(C(SC[C@@H](NC(=O)OCC2c3ccccc3-c3ccccc32)C(=O)NC(c2ccc(OCC(=O)NC(c3ccc(C)cc3)c3ccc(C)cc3)cc2)c2ccc(OC)cc2OC)(c2ccccc2)c2ccccc2)cc1. The number of carbonyl (C=O) groups is 3. The predicted molar refractivity (Wildman–Crippen MR) is 324 cm³/mol. The first-order valence-electron chi connectivity index (χ1n) is 27.2. The number of carbonyl (C=O) groups excluding carboxylic acids is 3. The minimum Gasteiger partial charge on any atom is -0.497 e. The van der Waals surface area contributed by atoms with Gasteiger partial charge in [-0.25, -0.2) is 4.79 Å². The van der Waals surface area contributed by atoms with Crippen LogP contribution in [0, 0.1) is 13.8 Å². The van der Waals surface area contributed by atoms with Crippen LogP contribution in [-0.4, -0.2) is 64.2 Å². The smallest absolute Gasteiger partial charge is 0.407 e. The molecule has 0 saturated carbocycles. The Hall–Kier alpha value is -9.26. The third kappa shape index (κ3) is 12.5. The zero-order valence-electron chi connectivity index (χ0n) is 46.5. The van der Waals surface area contributed by atoms with Gasteiger partial charge < -0.3 is 39.6 Å². The highest BCUT2D eigenvalue weighted by Crippen LogP contribution is 2.49. The number of rotatable bonds is 22. The van der Waals surface area contributed by atoms with Crippen molar-refractivity contribution in [1.82, 2.24) is 16.0 Å². The number of fused-ring (bicyclic) bond motifs is 3. The number of alkyl carbamates (subject to hydrolysis) is 1. The summed E-state index contributed by atoms with van der Waals surface area (Å²) >= 11 is 1.53. The first-order valence-corrected chi connectivity index (χ1v) is 28.2. The van der Waals surface area contributed by atoms with Gasteiger partial charge in [0.1, 0.15) is 35.6 Å². The highest BCUT2D eigenvalue weighted by molar-refractivity contribution is 8.00. The molecule has 9 aromatic rings. The lowest BCUT2D eigenvalue weighted by Gasteiger charge is -2.36. The number of methoxy groups -OCH3 is 3. The van der Waals surface area contributed by atoms with Crippen molar-refractivity contribution in [1.29, 1.82) is 0 Å². The molecule has 0 fully saturated rings. The fourth-order valence-electron chi connectivity index (χ4n) is 10.7. The van der Waals surface area contributed by atoms with Gasteiger partial charge in [-0.15, -0.1) is 11.8 Å². The average Bonchev–Trinajstić information content (AvgIpc) is 2.77. The van der Waals surface area contributed by atoms with E-state index in [1.54, 1.807) is 45.6 Å². The van der Waals surface area contributed by atoms with Crippen LogP contribution < -0.4 is 34.9 Å². The van der Waals surface area contributed by atoms with Gasteiger partial charge in [-0.3, -0.25) is 9.59 Å². The molecule has 1 aliphatic carbocycles. The molecule has 9 aromatic carbocycles. The summed E-state index contributed by atoms with van der Waals surface area (Å²) < 4.78 is 28.6. The van der Waals surface area contributed by atoms with Crippen LogP contribution in [0.5, 0.6) is 23.0 Å². The molecular formula is C70H65N3O8S. The molecule has 0 spiro atoms. The van der Waals surface area contributed by atoms with E-state index in [9.17, 15) is 9.59 Å². The third-order valence-electron chi connectivity index (χ3n) is 15.0. The van der Waals surface area contributed by atoms with Crippen LogP contribution in [0.1, 0.15) is 79.2 Å². The van der Waals surface area contributed by atoms with Crippen molar-refractivity contribution in [2.75, 3.05) is 40.3 Å². The summed E-state index contributed by atoms with van der Waals surface area (Å²) in [5, 5.41) is 9.54. The van der Waals surface area contributed by atoms with Gasteiger partial charge >= 0.3 is 6.09 Å². The monoisotopic (exact) mass is 1110 g/mol. The fraction of sp³-hybridized carbons (Fsp3) is 0.186. The molecule has 1 unspecified atom stereocenters. The van der Waals surface area contributed by atoms with Crippen molar-refractivity contribution < 1.29 is 38.1 Å². The van der Waals surface area contributed by atoms with E-state index in [4.69, 9.17) is 23.7 Å². The van der Waals surface area contributed by atoms with Gasteiger partial charge in [-0.05, 0) is 106 Å². The quantitative estimate of drug-likeness (QED) is 0.0567. The van der Waals surface area contributed by atoms with E-state index in [0.29, 0.717) is 34.1 Å². The van der Waals surface area contributed by atoms with Crippen molar-refractivity contribution in [2.24, 2.45) is 0 Å². The van der Waals surface area contributed by atoms with Gasteiger partial charge in [-0.2, -0.15) is 0 Å². The van der Waals surface area contributed by atoms with Crippen molar-refractivity contribution in [3.05, 3.63) is 286 Å². The molecule has 0 radical (unpaired) electrons. The minimum absolute atomic E-state index is 0.0486. The van der Waals surface area contributed by atoms with E-state index in [0.717, 1.165) is 61.2 Å². The van der Waals surface area contributed by atoms with Crippen molar-refractivity contribution >= 4 is 29.7 Å². The second kappa shape index (κ2) is 25.9. The first-order chi connectivity index (χ1) is 40.0. The van der Waals surface area contributed by atoms with Gasteiger partial charge in [0, 0.05) is 23.3 Å². The molecule has 10 rings (SSSR count). The second-order valence-electron chi connectivity index (χ2n) is 20.2. The minimum atomic E-state index is -1.16. The Labute approximate surface area is 484 Å². The Morgan fingerprint density at radius 2 is 0.988 bits per heavy atom. The molecule has 82 heavy (non-hydrogen) atoms. The van der Waals surface area contributed by atoms with E-state index in [2.05, 4.69) is 64.5 Å². The second-order valence-corrected chi connectivity index (χ2v) is 21.4. The van der Waals surface area contributed by atoms with E-state index in [-0.39, 0.29) is 36.8 Å². The number of thioether (sulfide) groups is 1. The number of hydrogen-bond donors (Lipinski definition) is 3. The summed E-state index contributed by atoms with van der Waals surface area (Å²) in [6.07, 6.45) is -0.745. The lowest BCUT2D eigenvalue weighted by molar-refractivity contribution is -0.124. The molecular weight excluding hydrogens is 1040 g/mol. The average molecular weight is 1110 g/mol. The lowest BCUT2D eigenvalue weighted by Crippen LogP contribution is -2.50. The van der Waals surface area contributed by atoms with Crippen LogP contribution in [0.3, 0.4) is 0 Å². The van der Waals surface area contributed by atoms with Gasteiger partial charge in [0.2, 0.25) is 5.91 Å². The zero-order chi connectivity index (χ0) is 57.0. The van der Waals surface area contributed by atoms with Crippen molar-refractivity contribution in [2.45, 2.75) is 42.6 Å². The zero-order valence-corrected chi connectivity index (χ0v) is 47.3. The van der Waals surface area contributed by atoms with E-state index in [1.165, 1.54) is 11.8 Å². The molecule has 2 atom stereocenters. The Bertz CT molecular complexity index is 3490. The van der Waals surface area contributed by atoms with Gasteiger partial charge in [0.25, 0.3) is 5.91 Å². The molecule has 0 heterocycles.